The number of aromatic nitrogens is 1. The second-order valence-electron chi connectivity index (χ2n) is 3.66. The first kappa shape index (κ1) is 9.62. The van der Waals surface area contributed by atoms with Crippen molar-refractivity contribution in [2.75, 3.05) is 7.05 Å². The minimum Gasteiger partial charge on any atom is -0.296 e. The molecule has 1 aliphatic rings. The Labute approximate surface area is 87.7 Å². The Morgan fingerprint density at radius 1 is 1.57 bits per heavy atom. The van der Waals surface area contributed by atoms with Crippen LogP contribution < -0.4 is 0 Å². The predicted molar refractivity (Wildman–Crippen MR) is 54.4 cm³/mol. The van der Waals surface area contributed by atoms with Crippen molar-refractivity contribution in [3.05, 3.63) is 28.0 Å². The average molecular weight is 211 g/mol. The van der Waals surface area contributed by atoms with Crippen molar-refractivity contribution in [3.63, 3.8) is 0 Å². The van der Waals surface area contributed by atoms with Crippen molar-refractivity contribution in [1.29, 1.82) is 0 Å². The highest BCUT2D eigenvalue weighted by Gasteiger charge is 2.20. The van der Waals surface area contributed by atoms with Gasteiger partial charge >= 0.3 is 0 Å². The number of rotatable bonds is 1. The van der Waals surface area contributed by atoms with Crippen LogP contribution in [0.25, 0.3) is 0 Å². The molecule has 1 aliphatic heterocycles. The topological polar surface area (TPSA) is 33.2 Å². The largest absolute Gasteiger partial charge is 0.296 e. The molecule has 3 nitrogen and oxygen atoms in total. The summed E-state index contributed by atoms with van der Waals surface area (Å²) in [6.07, 6.45) is 0. The van der Waals surface area contributed by atoms with Gasteiger partial charge in [0.05, 0.1) is 11.3 Å². The lowest BCUT2D eigenvalue weighted by atomic mass is 10.1. The maximum atomic E-state index is 11.2. The number of hydrogen-bond acceptors (Lipinski definition) is 3. The number of carbonyl (C=O) groups is 1. The quantitative estimate of drug-likeness (QED) is 0.524. The smallest absolute Gasteiger partial charge is 0.162 e. The molecule has 0 radical (unpaired) electrons. The van der Waals surface area contributed by atoms with E-state index < -0.39 is 0 Å². The molecule has 0 bridgehead atoms. The molecule has 0 N–H and O–H groups in total. The van der Waals surface area contributed by atoms with E-state index in [4.69, 9.17) is 11.6 Å². The van der Waals surface area contributed by atoms with Gasteiger partial charge in [0.1, 0.15) is 5.15 Å². The molecule has 0 aliphatic carbocycles. The van der Waals surface area contributed by atoms with Crippen LogP contribution in [0.4, 0.5) is 0 Å². The molecule has 0 aromatic carbocycles. The van der Waals surface area contributed by atoms with Crippen LogP contribution in [-0.4, -0.2) is 22.7 Å². The molecule has 1 aromatic rings. The molecule has 14 heavy (non-hydrogen) atoms. The molecule has 2 heterocycles. The van der Waals surface area contributed by atoms with E-state index in [9.17, 15) is 4.79 Å². The Hall–Kier alpha value is -0.930. The lowest BCUT2D eigenvalue weighted by Crippen LogP contribution is -2.07. The number of hydrogen-bond donors (Lipinski definition) is 0. The molecular formula is C10H11ClN2O. The molecule has 0 spiro atoms. The third-order valence-corrected chi connectivity index (χ3v) is 2.67. The fourth-order valence-electron chi connectivity index (χ4n) is 1.69. The molecule has 1 aromatic heterocycles. The van der Waals surface area contributed by atoms with E-state index in [0.29, 0.717) is 10.7 Å². The van der Waals surface area contributed by atoms with Crippen LogP contribution in [0.1, 0.15) is 28.5 Å². The van der Waals surface area contributed by atoms with Gasteiger partial charge in [0, 0.05) is 13.1 Å². The fraction of sp³-hybridized carbons (Fsp3) is 0.400. The van der Waals surface area contributed by atoms with Gasteiger partial charge in [0.2, 0.25) is 0 Å². The van der Waals surface area contributed by atoms with Crippen molar-refractivity contribution >= 4 is 17.4 Å². The number of nitrogens with zero attached hydrogens (tertiary/aromatic N) is 2. The molecule has 0 fully saturated rings. The van der Waals surface area contributed by atoms with Crippen molar-refractivity contribution in [2.24, 2.45) is 0 Å². The van der Waals surface area contributed by atoms with E-state index in [0.717, 1.165) is 24.3 Å². The number of pyridine rings is 1. The molecule has 4 heteroatoms. The van der Waals surface area contributed by atoms with E-state index in [2.05, 4.69) is 9.88 Å². The van der Waals surface area contributed by atoms with Gasteiger partial charge in [0.15, 0.2) is 5.78 Å². The minimum atomic E-state index is -0.0279. The summed E-state index contributed by atoms with van der Waals surface area (Å²) in [6.45, 7) is 3.17. The molecule has 0 saturated heterocycles. The highest BCUT2D eigenvalue weighted by Crippen LogP contribution is 2.24. The first-order valence-corrected chi connectivity index (χ1v) is 4.83. The predicted octanol–water partition coefficient (Wildman–Crippen LogP) is 1.88. The van der Waals surface area contributed by atoms with Crippen LogP contribution in [0.2, 0.25) is 5.15 Å². The molecule has 0 unspecified atom stereocenters. The normalized spacial score (nSPS) is 15.6. The summed E-state index contributed by atoms with van der Waals surface area (Å²) in [4.78, 5) is 17.6. The maximum Gasteiger partial charge on any atom is 0.162 e. The van der Waals surface area contributed by atoms with E-state index in [1.54, 1.807) is 0 Å². The van der Waals surface area contributed by atoms with E-state index in [-0.39, 0.29) is 5.78 Å². The minimum absolute atomic E-state index is 0.0279. The van der Waals surface area contributed by atoms with Gasteiger partial charge in [-0.3, -0.25) is 9.69 Å². The van der Waals surface area contributed by atoms with E-state index >= 15 is 0 Å². The molecule has 0 saturated carbocycles. The van der Waals surface area contributed by atoms with E-state index in [1.165, 1.54) is 6.92 Å². The summed E-state index contributed by atoms with van der Waals surface area (Å²) < 4.78 is 0. The third kappa shape index (κ3) is 1.53. The van der Waals surface area contributed by atoms with Crippen molar-refractivity contribution in [2.45, 2.75) is 20.0 Å². The van der Waals surface area contributed by atoms with Gasteiger partial charge in [-0.05, 0) is 25.6 Å². The first-order chi connectivity index (χ1) is 6.58. The maximum absolute atomic E-state index is 11.2. The molecule has 2 rings (SSSR count). The van der Waals surface area contributed by atoms with Gasteiger partial charge in [0.25, 0.3) is 0 Å². The van der Waals surface area contributed by atoms with Crippen molar-refractivity contribution in [3.8, 4) is 0 Å². The summed E-state index contributed by atoms with van der Waals surface area (Å²) in [6, 6.07) is 1.86. The van der Waals surface area contributed by atoms with Crippen molar-refractivity contribution in [1.82, 2.24) is 9.88 Å². The zero-order valence-corrected chi connectivity index (χ0v) is 8.93. The molecule has 0 amide bonds. The number of Topliss-reactive ketones (excluding diaryl/α,β-unsaturated/α-hetero) is 1. The van der Waals surface area contributed by atoms with Crippen molar-refractivity contribution < 1.29 is 4.79 Å². The molecular weight excluding hydrogens is 200 g/mol. The van der Waals surface area contributed by atoms with Crippen LogP contribution in [0, 0.1) is 0 Å². The van der Waals surface area contributed by atoms with Crippen LogP contribution in [-0.2, 0) is 13.1 Å². The van der Waals surface area contributed by atoms with Gasteiger partial charge in [-0.2, -0.15) is 0 Å². The third-order valence-electron chi connectivity index (χ3n) is 2.38. The molecule has 0 atom stereocenters. The Kier molecular flexibility index (Phi) is 2.29. The lowest BCUT2D eigenvalue weighted by molar-refractivity contribution is 0.101. The Morgan fingerprint density at radius 3 is 2.93 bits per heavy atom. The number of halogens is 1. The summed E-state index contributed by atoms with van der Waals surface area (Å²) in [5, 5.41) is 0.326. The Balaban J connectivity index is 2.50. The highest BCUT2D eigenvalue weighted by atomic mass is 35.5. The highest BCUT2D eigenvalue weighted by molar-refractivity contribution is 6.32. The van der Waals surface area contributed by atoms with Crippen LogP contribution >= 0.6 is 11.6 Å². The monoisotopic (exact) mass is 210 g/mol. The number of carbonyl (C=O) groups excluding carboxylic acids is 1. The summed E-state index contributed by atoms with van der Waals surface area (Å²) >= 11 is 5.90. The zero-order chi connectivity index (χ0) is 10.3. The van der Waals surface area contributed by atoms with Crippen LogP contribution in [0.15, 0.2) is 6.07 Å². The Bertz CT molecular complexity index is 403. The van der Waals surface area contributed by atoms with Gasteiger partial charge < -0.3 is 0 Å². The van der Waals surface area contributed by atoms with E-state index in [1.807, 2.05) is 13.1 Å². The zero-order valence-electron chi connectivity index (χ0n) is 8.17. The fourth-order valence-corrected chi connectivity index (χ4v) is 1.98. The molecule has 74 valence electrons. The standard InChI is InChI=1S/C10H11ClN2O/c1-6(14)8-3-7-4-13(2)5-9(7)12-10(8)11/h3H,4-5H2,1-2H3. The summed E-state index contributed by atoms with van der Waals surface area (Å²) in [7, 11) is 2.02. The summed E-state index contributed by atoms with van der Waals surface area (Å²) in [5.74, 6) is -0.0279. The number of fused-ring (bicyclic) bond motifs is 1. The second kappa shape index (κ2) is 3.33. The Morgan fingerprint density at radius 2 is 2.29 bits per heavy atom. The van der Waals surface area contributed by atoms with Crippen LogP contribution in [0.3, 0.4) is 0 Å². The average Bonchev–Trinajstić information content (AvgIpc) is 2.42. The van der Waals surface area contributed by atoms with Gasteiger partial charge in [-0.25, -0.2) is 4.98 Å². The van der Waals surface area contributed by atoms with Gasteiger partial charge in [-0.1, -0.05) is 11.6 Å². The summed E-state index contributed by atoms with van der Waals surface area (Å²) in [5.41, 5.74) is 2.63. The lowest BCUT2D eigenvalue weighted by Gasteiger charge is -2.02. The van der Waals surface area contributed by atoms with Gasteiger partial charge in [-0.15, -0.1) is 0 Å². The second-order valence-corrected chi connectivity index (χ2v) is 4.02. The first-order valence-electron chi connectivity index (χ1n) is 4.45. The van der Waals surface area contributed by atoms with Crippen LogP contribution in [0.5, 0.6) is 0 Å². The number of ketones is 1. The SMILES string of the molecule is CC(=O)c1cc2c(nc1Cl)CN(C)C2.